The van der Waals surface area contributed by atoms with E-state index in [0.717, 1.165) is 10.0 Å². The summed E-state index contributed by atoms with van der Waals surface area (Å²) in [6, 6.07) is 16.2. The number of rotatable bonds is 4. The van der Waals surface area contributed by atoms with Gasteiger partial charge in [0.25, 0.3) is 5.91 Å². The monoisotopic (exact) mass is 518 g/mol. The highest BCUT2D eigenvalue weighted by atomic mass is 79.9. The zero-order valence-electron chi connectivity index (χ0n) is 16.0. The highest BCUT2D eigenvalue weighted by molar-refractivity contribution is 9.10. The topological polar surface area (TPSA) is 59.8 Å². The van der Waals surface area contributed by atoms with Gasteiger partial charge in [-0.1, -0.05) is 39.1 Å². The van der Waals surface area contributed by atoms with Crippen molar-refractivity contribution in [1.29, 1.82) is 0 Å². The molecule has 0 saturated carbocycles. The number of hydrogen-bond acceptors (Lipinski definition) is 3. The fourth-order valence-corrected chi connectivity index (χ4v) is 3.70. The third-order valence-corrected chi connectivity index (χ3v) is 5.73. The third kappa shape index (κ3) is 4.63. The number of aryl methyl sites for hydroxylation is 1. The maximum absolute atomic E-state index is 13.4. The highest BCUT2D eigenvalue weighted by Crippen LogP contribution is 2.28. The molecule has 1 N–H and O–H groups in total. The van der Waals surface area contributed by atoms with Crippen LogP contribution in [0.1, 0.15) is 16.2 Å². The van der Waals surface area contributed by atoms with Gasteiger partial charge in [0.1, 0.15) is 5.82 Å². The summed E-state index contributed by atoms with van der Waals surface area (Å²) < 4.78 is 15.8. The molecule has 4 aromatic rings. The van der Waals surface area contributed by atoms with Crippen LogP contribution < -0.4 is 5.32 Å². The molecule has 31 heavy (non-hydrogen) atoms. The van der Waals surface area contributed by atoms with Gasteiger partial charge in [0.2, 0.25) is 5.82 Å². The van der Waals surface area contributed by atoms with Gasteiger partial charge in [0.15, 0.2) is 5.82 Å². The van der Waals surface area contributed by atoms with Crippen LogP contribution in [0.4, 0.5) is 10.1 Å². The molecular formula is C22H14BrCl2FN4O. The first-order valence-corrected chi connectivity index (χ1v) is 10.6. The maximum Gasteiger partial charge on any atom is 0.295 e. The summed E-state index contributed by atoms with van der Waals surface area (Å²) in [5.74, 6) is -0.551. The third-order valence-electron chi connectivity index (χ3n) is 4.50. The molecule has 0 aliphatic heterocycles. The molecule has 0 fully saturated rings. The number of nitrogens with one attached hydrogen (secondary N) is 1. The molecule has 156 valence electrons. The predicted octanol–water partition coefficient (Wildman–Crippen LogP) is 6.70. The Bertz CT molecular complexity index is 1290. The normalized spacial score (nSPS) is 10.9. The number of carbonyl (C=O) groups excluding carboxylic acids is 1. The van der Waals surface area contributed by atoms with Crippen molar-refractivity contribution in [3.63, 3.8) is 0 Å². The summed E-state index contributed by atoms with van der Waals surface area (Å²) in [5.41, 5.74) is 2.66. The first kappa shape index (κ1) is 21.5. The Morgan fingerprint density at radius 1 is 1.03 bits per heavy atom. The molecule has 5 nitrogen and oxygen atoms in total. The lowest BCUT2D eigenvalue weighted by Crippen LogP contribution is -2.15. The van der Waals surface area contributed by atoms with Crippen LogP contribution in [0.5, 0.6) is 0 Å². The molecule has 1 amide bonds. The maximum atomic E-state index is 13.4. The predicted molar refractivity (Wildman–Crippen MR) is 124 cm³/mol. The summed E-state index contributed by atoms with van der Waals surface area (Å²) in [6.07, 6.45) is 0. The lowest BCUT2D eigenvalue weighted by molar-refractivity contribution is 0.101. The molecule has 0 unspecified atom stereocenters. The summed E-state index contributed by atoms with van der Waals surface area (Å²) >= 11 is 15.6. The first-order chi connectivity index (χ1) is 14.8. The van der Waals surface area contributed by atoms with Crippen molar-refractivity contribution >= 4 is 50.7 Å². The van der Waals surface area contributed by atoms with E-state index in [4.69, 9.17) is 23.2 Å². The SMILES string of the molecule is Cc1cc(Br)ccc1NC(=O)c1nc(-c2ccc(F)cc2)n(-c2ccc(Cl)c(Cl)c2)n1. The Balaban J connectivity index is 1.77. The first-order valence-electron chi connectivity index (χ1n) is 9.08. The quantitative estimate of drug-likeness (QED) is 0.326. The van der Waals surface area contributed by atoms with E-state index in [9.17, 15) is 9.18 Å². The minimum atomic E-state index is -0.479. The van der Waals surface area contributed by atoms with Crippen molar-refractivity contribution in [2.24, 2.45) is 0 Å². The molecule has 0 atom stereocenters. The van der Waals surface area contributed by atoms with Crippen molar-refractivity contribution in [2.45, 2.75) is 6.92 Å². The van der Waals surface area contributed by atoms with Gasteiger partial charge < -0.3 is 5.32 Å². The molecule has 0 bridgehead atoms. The van der Waals surface area contributed by atoms with E-state index >= 15 is 0 Å². The lowest BCUT2D eigenvalue weighted by atomic mass is 10.2. The Labute approximate surface area is 196 Å². The van der Waals surface area contributed by atoms with Crippen LogP contribution in [0, 0.1) is 12.7 Å². The van der Waals surface area contributed by atoms with Crippen LogP contribution in [0.15, 0.2) is 65.1 Å². The van der Waals surface area contributed by atoms with E-state index in [1.807, 2.05) is 19.1 Å². The Hall–Kier alpha value is -2.74. The van der Waals surface area contributed by atoms with Gasteiger partial charge in [-0.2, -0.15) is 0 Å². The van der Waals surface area contributed by atoms with Crippen molar-refractivity contribution in [3.8, 4) is 17.1 Å². The molecule has 1 aromatic heterocycles. The van der Waals surface area contributed by atoms with E-state index in [1.54, 1.807) is 36.4 Å². The number of anilines is 1. The van der Waals surface area contributed by atoms with Crippen LogP contribution in [-0.4, -0.2) is 20.7 Å². The van der Waals surface area contributed by atoms with E-state index in [-0.39, 0.29) is 11.6 Å². The van der Waals surface area contributed by atoms with Crippen LogP contribution >= 0.6 is 39.1 Å². The second-order valence-electron chi connectivity index (χ2n) is 6.69. The molecule has 0 aliphatic carbocycles. The van der Waals surface area contributed by atoms with Gasteiger partial charge in [-0.05, 0) is 73.2 Å². The van der Waals surface area contributed by atoms with Gasteiger partial charge in [0.05, 0.1) is 15.7 Å². The number of halogens is 4. The average molecular weight is 520 g/mol. The van der Waals surface area contributed by atoms with E-state index in [0.29, 0.717) is 32.8 Å². The van der Waals surface area contributed by atoms with Crippen LogP contribution in [-0.2, 0) is 0 Å². The second-order valence-corrected chi connectivity index (χ2v) is 8.42. The van der Waals surface area contributed by atoms with Crippen LogP contribution in [0.25, 0.3) is 17.1 Å². The van der Waals surface area contributed by atoms with Crippen molar-refractivity contribution in [2.75, 3.05) is 5.32 Å². The fourth-order valence-electron chi connectivity index (χ4n) is 2.94. The van der Waals surface area contributed by atoms with Gasteiger partial charge >= 0.3 is 0 Å². The Morgan fingerprint density at radius 2 is 1.77 bits per heavy atom. The highest BCUT2D eigenvalue weighted by Gasteiger charge is 2.20. The van der Waals surface area contributed by atoms with Crippen molar-refractivity contribution in [1.82, 2.24) is 14.8 Å². The number of benzene rings is 3. The number of carbonyl (C=O) groups is 1. The van der Waals surface area contributed by atoms with E-state index in [1.165, 1.54) is 16.8 Å². The van der Waals surface area contributed by atoms with Gasteiger partial charge in [-0.3, -0.25) is 4.79 Å². The molecule has 0 aliphatic rings. The lowest BCUT2D eigenvalue weighted by Gasteiger charge is -2.07. The fraction of sp³-hybridized carbons (Fsp3) is 0.0455. The Kier molecular flexibility index (Phi) is 6.09. The van der Waals surface area contributed by atoms with Gasteiger partial charge in [0, 0.05) is 15.7 Å². The van der Waals surface area contributed by atoms with Crippen molar-refractivity contribution < 1.29 is 9.18 Å². The number of amides is 1. The molecule has 0 saturated heterocycles. The molecule has 0 spiro atoms. The molecular weight excluding hydrogens is 506 g/mol. The number of nitrogens with zero attached hydrogens (tertiary/aromatic N) is 3. The Morgan fingerprint density at radius 3 is 2.45 bits per heavy atom. The minimum absolute atomic E-state index is 0.0484. The average Bonchev–Trinajstić information content (AvgIpc) is 3.18. The van der Waals surface area contributed by atoms with Crippen LogP contribution in [0.2, 0.25) is 10.0 Å². The van der Waals surface area contributed by atoms with Gasteiger partial charge in [-0.25, -0.2) is 14.1 Å². The zero-order valence-corrected chi connectivity index (χ0v) is 19.1. The summed E-state index contributed by atoms with van der Waals surface area (Å²) in [4.78, 5) is 17.3. The molecule has 3 aromatic carbocycles. The molecule has 1 heterocycles. The van der Waals surface area contributed by atoms with Gasteiger partial charge in [-0.15, -0.1) is 5.10 Å². The smallest absolute Gasteiger partial charge is 0.295 e. The van der Waals surface area contributed by atoms with E-state index in [2.05, 4.69) is 31.3 Å². The summed E-state index contributed by atoms with van der Waals surface area (Å²) in [5, 5.41) is 7.92. The molecule has 0 radical (unpaired) electrons. The minimum Gasteiger partial charge on any atom is -0.319 e. The summed E-state index contributed by atoms with van der Waals surface area (Å²) in [6.45, 7) is 1.88. The largest absolute Gasteiger partial charge is 0.319 e. The zero-order chi connectivity index (χ0) is 22.1. The number of hydrogen-bond donors (Lipinski definition) is 1. The summed E-state index contributed by atoms with van der Waals surface area (Å²) in [7, 11) is 0. The standard InChI is InChI=1S/C22H14BrCl2FN4O/c1-12-10-14(23)4-9-19(12)27-22(31)20-28-21(13-2-5-15(26)6-3-13)30(29-20)16-7-8-17(24)18(25)11-16/h2-11H,1H3,(H,27,31). The second kappa shape index (κ2) is 8.78. The van der Waals surface area contributed by atoms with Crippen molar-refractivity contribution in [3.05, 3.63) is 92.4 Å². The number of aromatic nitrogens is 3. The molecule has 9 heteroatoms. The van der Waals surface area contributed by atoms with Crippen LogP contribution in [0.3, 0.4) is 0 Å². The van der Waals surface area contributed by atoms with E-state index < -0.39 is 5.91 Å². The molecule has 4 rings (SSSR count).